The Morgan fingerprint density at radius 3 is 2.18 bits per heavy atom. The van der Waals surface area contributed by atoms with Crippen molar-refractivity contribution in [2.24, 2.45) is 0 Å². The highest BCUT2D eigenvalue weighted by molar-refractivity contribution is 5.92. The van der Waals surface area contributed by atoms with E-state index in [0.717, 1.165) is 35.8 Å². The van der Waals surface area contributed by atoms with E-state index >= 15 is 0 Å². The van der Waals surface area contributed by atoms with Gasteiger partial charge in [-0.05, 0) is 42.0 Å². The van der Waals surface area contributed by atoms with Gasteiger partial charge in [0.2, 0.25) is 5.91 Å². The zero-order valence-corrected chi connectivity index (χ0v) is 16.3. The van der Waals surface area contributed by atoms with Crippen molar-refractivity contribution in [2.45, 2.75) is 6.42 Å². The SMILES string of the molecule is CNC(=O)N1CCN(c2ccc(NC(=O)Cc3ccc(OC)cc3)cc2)CC1. The lowest BCUT2D eigenvalue weighted by Gasteiger charge is -2.35. The van der Waals surface area contributed by atoms with Crippen molar-refractivity contribution in [1.29, 1.82) is 0 Å². The summed E-state index contributed by atoms with van der Waals surface area (Å²) in [6.07, 6.45) is 0.313. The predicted molar refractivity (Wildman–Crippen MR) is 110 cm³/mol. The van der Waals surface area contributed by atoms with Crippen LogP contribution in [0.4, 0.5) is 16.2 Å². The Bertz CT molecular complexity index is 797. The van der Waals surface area contributed by atoms with E-state index in [1.54, 1.807) is 14.2 Å². The van der Waals surface area contributed by atoms with Gasteiger partial charge in [0.1, 0.15) is 5.75 Å². The molecule has 0 aromatic heterocycles. The summed E-state index contributed by atoms with van der Waals surface area (Å²) in [7, 11) is 3.27. The van der Waals surface area contributed by atoms with Crippen LogP contribution in [0.25, 0.3) is 0 Å². The van der Waals surface area contributed by atoms with Gasteiger partial charge in [0.05, 0.1) is 13.5 Å². The van der Waals surface area contributed by atoms with Gasteiger partial charge in [-0.1, -0.05) is 12.1 Å². The Morgan fingerprint density at radius 1 is 0.964 bits per heavy atom. The number of anilines is 2. The third-order valence-electron chi connectivity index (χ3n) is 4.82. The zero-order valence-electron chi connectivity index (χ0n) is 16.3. The maximum absolute atomic E-state index is 12.3. The van der Waals surface area contributed by atoms with Crippen molar-refractivity contribution in [3.8, 4) is 5.75 Å². The molecule has 0 radical (unpaired) electrons. The number of urea groups is 1. The summed E-state index contributed by atoms with van der Waals surface area (Å²) in [5, 5.41) is 5.59. The van der Waals surface area contributed by atoms with Crippen LogP contribution >= 0.6 is 0 Å². The summed E-state index contributed by atoms with van der Waals surface area (Å²) in [4.78, 5) is 28.0. The maximum Gasteiger partial charge on any atom is 0.317 e. The number of hydrogen-bond acceptors (Lipinski definition) is 4. The number of methoxy groups -OCH3 is 1. The monoisotopic (exact) mass is 382 g/mol. The fourth-order valence-corrected chi connectivity index (χ4v) is 3.22. The van der Waals surface area contributed by atoms with Crippen molar-refractivity contribution in [3.05, 3.63) is 54.1 Å². The van der Waals surface area contributed by atoms with Crippen LogP contribution in [-0.2, 0) is 11.2 Å². The topological polar surface area (TPSA) is 73.9 Å². The van der Waals surface area contributed by atoms with Crippen molar-refractivity contribution in [2.75, 3.05) is 50.6 Å². The summed E-state index contributed by atoms with van der Waals surface area (Å²) in [5.41, 5.74) is 2.79. The van der Waals surface area contributed by atoms with Gasteiger partial charge in [-0.15, -0.1) is 0 Å². The lowest BCUT2D eigenvalue weighted by Crippen LogP contribution is -2.51. The number of hydrogen-bond donors (Lipinski definition) is 2. The second-order valence-corrected chi connectivity index (χ2v) is 6.65. The van der Waals surface area contributed by atoms with Crippen LogP contribution in [0.5, 0.6) is 5.75 Å². The number of nitrogens with one attached hydrogen (secondary N) is 2. The van der Waals surface area contributed by atoms with Crippen LogP contribution < -0.4 is 20.3 Å². The van der Waals surface area contributed by atoms with Gasteiger partial charge < -0.3 is 25.2 Å². The molecule has 0 bridgehead atoms. The molecule has 0 spiro atoms. The largest absolute Gasteiger partial charge is 0.497 e. The number of piperazine rings is 1. The molecule has 7 nitrogen and oxygen atoms in total. The molecule has 0 saturated carbocycles. The van der Waals surface area contributed by atoms with Crippen molar-refractivity contribution in [1.82, 2.24) is 10.2 Å². The second-order valence-electron chi connectivity index (χ2n) is 6.65. The summed E-state index contributed by atoms with van der Waals surface area (Å²) >= 11 is 0. The summed E-state index contributed by atoms with van der Waals surface area (Å²) < 4.78 is 5.13. The molecule has 28 heavy (non-hydrogen) atoms. The molecule has 2 aromatic rings. The van der Waals surface area contributed by atoms with Gasteiger partial charge in [0, 0.05) is 44.6 Å². The standard InChI is InChI=1S/C21H26N4O3/c1-22-21(27)25-13-11-24(12-14-25)18-7-5-17(6-8-18)23-20(26)15-16-3-9-19(28-2)10-4-16/h3-10H,11-15H2,1-2H3,(H,22,27)(H,23,26). The lowest BCUT2D eigenvalue weighted by molar-refractivity contribution is -0.115. The Morgan fingerprint density at radius 2 is 1.61 bits per heavy atom. The van der Waals surface area contributed by atoms with Crippen LogP contribution in [0.15, 0.2) is 48.5 Å². The number of rotatable bonds is 5. The maximum atomic E-state index is 12.3. The predicted octanol–water partition coefficient (Wildman–Crippen LogP) is 2.34. The number of carbonyl (C=O) groups excluding carboxylic acids is 2. The van der Waals surface area contributed by atoms with Gasteiger partial charge in [-0.3, -0.25) is 4.79 Å². The first kappa shape index (κ1) is 19.5. The first-order chi connectivity index (χ1) is 13.6. The molecular formula is C21H26N4O3. The molecule has 1 aliphatic rings. The average Bonchev–Trinajstić information content (AvgIpc) is 2.74. The molecule has 0 aliphatic carbocycles. The molecule has 0 atom stereocenters. The fourth-order valence-electron chi connectivity index (χ4n) is 3.22. The fraction of sp³-hybridized carbons (Fsp3) is 0.333. The molecular weight excluding hydrogens is 356 g/mol. The van der Waals surface area contributed by atoms with Crippen LogP contribution in [-0.4, -0.2) is 57.2 Å². The number of nitrogens with zero attached hydrogens (tertiary/aromatic N) is 2. The quantitative estimate of drug-likeness (QED) is 0.833. The molecule has 1 saturated heterocycles. The minimum absolute atomic E-state index is 0.0328. The molecule has 1 fully saturated rings. The molecule has 148 valence electrons. The van der Waals surface area contributed by atoms with Crippen molar-refractivity contribution in [3.63, 3.8) is 0 Å². The Labute approximate surface area is 165 Å². The van der Waals surface area contributed by atoms with E-state index in [-0.39, 0.29) is 11.9 Å². The van der Waals surface area contributed by atoms with E-state index in [0.29, 0.717) is 19.5 Å². The van der Waals surface area contributed by atoms with Crippen LogP contribution in [0, 0.1) is 0 Å². The molecule has 3 rings (SSSR count). The van der Waals surface area contributed by atoms with Gasteiger partial charge in [0.15, 0.2) is 0 Å². The number of carbonyl (C=O) groups is 2. The first-order valence-electron chi connectivity index (χ1n) is 9.33. The third-order valence-corrected chi connectivity index (χ3v) is 4.82. The highest BCUT2D eigenvalue weighted by atomic mass is 16.5. The summed E-state index contributed by atoms with van der Waals surface area (Å²) in [6, 6.07) is 15.3. The Balaban J connectivity index is 1.51. The van der Waals surface area contributed by atoms with E-state index < -0.39 is 0 Å². The van der Waals surface area contributed by atoms with E-state index in [1.165, 1.54) is 0 Å². The Hall–Kier alpha value is -3.22. The van der Waals surface area contributed by atoms with Crippen LogP contribution in [0.3, 0.4) is 0 Å². The van der Waals surface area contributed by atoms with Crippen LogP contribution in [0.1, 0.15) is 5.56 Å². The minimum atomic E-state index is -0.0582. The van der Waals surface area contributed by atoms with E-state index in [2.05, 4.69) is 15.5 Å². The molecule has 2 N–H and O–H groups in total. The third kappa shape index (κ3) is 4.94. The van der Waals surface area contributed by atoms with E-state index in [4.69, 9.17) is 4.74 Å². The highest BCUT2D eigenvalue weighted by Gasteiger charge is 2.20. The first-order valence-corrected chi connectivity index (χ1v) is 9.33. The zero-order chi connectivity index (χ0) is 19.9. The smallest absolute Gasteiger partial charge is 0.317 e. The average molecular weight is 382 g/mol. The van der Waals surface area contributed by atoms with Gasteiger partial charge in [-0.2, -0.15) is 0 Å². The minimum Gasteiger partial charge on any atom is -0.497 e. The molecule has 1 heterocycles. The van der Waals surface area contributed by atoms with Crippen molar-refractivity contribution < 1.29 is 14.3 Å². The van der Waals surface area contributed by atoms with Crippen molar-refractivity contribution >= 4 is 23.3 Å². The van der Waals surface area contributed by atoms with Gasteiger partial charge in [0.25, 0.3) is 0 Å². The summed E-state index contributed by atoms with van der Waals surface area (Å²) in [6.45, 7) is 2.97. The highest BCUT2D eigenvalue weighted by Crippen LogP contribution is 2.20. The van der Waals surface area contributed by atoms with Gasteiger partial charge >= 0.3 is 6.03 Å². The number of amides is 3. The lowest BCUT2D eigenvalue weighted by atomic mass is 10.1. The van der Waals surface area contributed by atoms with E-state index in [9.17, 15) is 9.59 Å². The second kappa shape index (κ2) is 9.12. The van der Waals surface area contributed by atoms with Gasteiger partial charge in [-0.25, -0.2) is 4.79 Å². The molecule has 3 amide bonds. The molecule has 0 unspecified atom stereocenters. The molecule has 2 aromatic carbocycles. The van der Waals surface area contributed by atoms with Crippen LogP contribution in [0.2, 0.25) is 0 Å². The Kier molecular flexibility index (Phi) is 6.37. The molecule has 7 heteroatoms. The molecule has 1 aliphatic heterocycles. The number of benzene rings is 2. The number of ether oxygens (including phenoxy) is 1. The summed E-state index contributed by atoms with van der Waals surface area (Å²) in [5.74, 6) is 0.716. The van der Waals surface area contributed by atoms with E-state index in [1.807, 2.05) is 53.4 Å². The normalized spacial score (nSPS) is 13.8.